The van der Waals surface area contributed by atoms with Crippen molar-refractivity contribution in [1.29, 1.82) is 0 Å². The van der Waals surface area contributed by atoms with Crippen molar-refractivity contribution in [2.75, 3.05) is 23.8 Å². The van der Waals surface area contributed by atoms with E-state index in [0.717, 1.165) is 36.7 Å². The molecule has 1 heterocycles. The zero-order chi connectivity index (χ0) is 15.2. The van der Waals surface area contributed by atoms with Crippen LogP contribution < -0.4 is 10.2 Å². The maximum Gasteiger partial charge on any atom is 0.141 e. The van der Waals surface area contributed by atoms with Gasteiger partial charge in [-0.15, -0.1) is 0 Å². The fraction of sp³-hybridized carbons (Fsp3) is 0.412. The summed E-state index contributed by atoms with van der Waals surface area (Å²) in [5.74, 6) is 1.93. The molecular weight excluding hydrogens is 260 g/mol. The molecule has 0 aliphatic heterocycles. The molecule has 4 nitrogen and oxygen atoms in total. The van der Waals surface area contributed by atoms with E-state index >= 15 is 0 Å². The Labute approximate surface area is 127 Å². The van der Waals surface area contributed by atoms with Crippen molar-refractivity contribution in [3.8, 4) is 0 Å². The van der Waals surface area contributed by atoms with Crippen LogP contribution in [0.5, 0.6) is 0 Å². The van der Waals surface area contributed by atoms with Crippen molar-refractivity contribution in [2.45, 2.75) is 33.6 Å². The average molecular weight is 284 g/mol. The number of benzene rings is 1. The van der Waals surface area contributed by atoms with E-state index in [1.807, 2.05) is 0 Å². The molecule has 2 aromatic rings. The van der Waals surface area contributed by atoms with Crippen LogP contribution in [0.2, 0.25) is 0 Å². The van der Waals surface area contributed by atoms with Gasteiger partial charge in [-0.2, -0.15) is 0 Å². The van der Waals surface area contributed by atoms with Crippen molar-refractivity contribution in [3.05, 3.63) is 41.7 Å². The van der Waals surface area contributed by atoms with Gasteiger partial charge in [0, 0.05) is 24.8 Å². The smallest absolute Gasteiger partial charge is 0.141 e. The van der Waals surface area contributed by atoms with E-state index in [4.69, 9.17) is 0 Å². The van der Waals surface area contributed by atoms with E-state index in [1.54, 1.807) is 6.33 Å². The molecule has 0 unspecified atom stereocenters. The second-order valence-corrected chi connectivity index (χ2v) is 5.20. The Morgan fingerprint density at radius 2 is 1.81 bits per heavy atom. The molecule has 0 amide bonds. The molecule has 0 radical (unpaired) electrons. The third-order valence-electron chi connectivity index (χ3n) is 3.51. The molecule has 0 fully saturated rings. The van der Waals surface area contributed by atoms with Crippen LogP contribution in [0.3, 0.4) is 0 Å². The van der Waals surface area contributed by atoms with Crippen LogP contribution in [0.1, 0.15) is 31.4 Å². The lowest BCUT2D eigenvalue weighted by molar-refractivity contribution is 0.890. The summed E-state index contributed by atoms with van der Waals surface area (Å²) < 4.78 is 0. The largest absolute Gasteiger partial charge is 0.370 e. The Kier molecular flexibility index (Phi) is 5.14. The third-order valence-corrected chi connectivity index (χ3v) is 3.51. The summed E-state index contributed by atoms with van der Waals surface area (Å²) in [7, 11) is 2.06. The van der Waals surface area contributed by atoms with Crippen LogP contribution in [0.4, 0.5) is 17.3 Å². The lowest BCUT2D eigenvalue weighted by atomic mass is 10.1. The molecule has 0 saturated heterocycles. The summed E-state index contributed by atoms with van der Waals surface area (Å²) in [6.07, 6.45) is 3.67. The lowest BCUT2D eigenvalue weighted by Crippen LogP contribution is -2.16. The number of rotatable bonds is 6. The minimum atomic E-state index is 0.863. The van der Waals surface area contributed by atoms with Gasteiger partial charge in [0.05, 0.1) is 0 Å². The van der Waals surface area contributed by atoms with Crippen molar-refractivity contribution < 1.29 is 0 Å². The number of anilines is 3. The van der Waals surface area contributed by atoms with Crippen molar-refractivity contribution >= 4 is 17.3 Å². The monoisotopic (exact) mass is 284 g/mol. The first-order valence-electron chi connectivity index (χ1n) is 7.55. The van der Waals surface area contributed by atoms with Crippen molar-refractivity contribution in [1.82, 2.24) is 9.97 Å². The van der Waals surface area contributed by atoms with Gasteiger partial charge < -0.3 is 10.2 Å². The van der Waals surface area contributed by atoms with E-state index < -0.39 is 0 Å². The fourth-order valence-electron chi connectivity index (χ4n) is 2.38. The summed E-state index contributed by atoms with van der Waals surface area (Å²) in [5, 5.41) is 3.34. The van der Waals surface area contributed by atoms with Crippen LogP contribution in [-0.2, 0) is 6.42 Å². The van der Waals surface area contributed by atoms with Gasteiger partial charge in [-0.05, 0) is 32.4 Å². The van der Waals surface area contributed by atoms with Gasteiger partial charge in [-0.25, -0.2) is 9.97 Å². The van der Waals surface area contributed by atoms with Crippen LogP contribution in [0, 0.1) is 6.92 Å². The zero-order valence-corrected chi connectivity index (χ0v) is 13.3. The molecule has 21 heavy (non-hydrogen) atoms. The van der Waals surface area contributed by atoms with E-state index in [-0.39, 0.29) is 0 Å². The number of hydrogen-bond donors (Lipinski definition) is 1. The molecule has 112 valence electrons. The summed E-state index contributed by atoms with van der Waals surface area (Å²) in [6.45, 7) is 7.22. The molecule has 0 bridgehead atoms. The Bertz CT molecular complexity index is 578. The molecular formula is C17H24N4. The molecule has 1 N–H and O–H groups in total. The summed E-state index contributed by atoms with van der Waals surface area (Å²) in [6, 6.07) is 8.50. The number of aromatic nitrogens is 2. The minimum Gasteiger partial charge on any atom is -0.370 e. The minimum absolute atomic E-state index is 0.863. The average Bonchev–Trinajstić information content (AvgIpc) is 2.49. The van der Waals surface area contributed by atoms with Gasteiger partial charge in [0.1, 0.15) is 18.0 Å². The van der Waals surface area contributed by atoms with Gasteiger partial charge in [0.25, 0.3) is 0 Å². The maximum absolute atomic E-state index is 4.51. The van der Waals surface area contributed by atoms with Gasteiger partial charge in [0.2, 0.25) is 0 Å². The quantitative estimate of drug-likeness (QED) is 0.872. The molecule has 0 atom stereocenters. The molecule has 0 saturated carbocycles. The van der Waals surface area contributed by atoms with Gasteiger partial charge in [-0.1, -0.05) is 31.0 Å². The van der Waals surface area contributed by atoms with E-state index in [1.165, 1.54) is 11.1 Å². The summed E-state index contributed by atoms with van der Waals surface area (Å²) in [5.41, 5.74) is 3.58. The van der Waals surface area contributed by atoms with Gasteiger partial charge >= 0.3 is 0 Å². The highest BCUT2D eigenvalue weighted by atomic mass is 15.2. The highest BCUT2D eigenvalue weighted by molar-refractivity contribution is 5.67. The maximum atomic E-state index is 4.51. The highest BCUT2D eigenvalue weighted by Gasteiger charge is 2.15. The van der Waals surface area contributed by atoms with Gasteiger partial charge in [0.15, 0.2) is 0 Å². The summed E-state index contributed by atoms with van der Waals surface area (Å²) in [4.78, 5) is 11.0. The highest BCUT2D eigenvalue weighted by Crippen LogP contribution is 2.29. The normalized spacial score (nSPS) is 10.5. The van der Waals surface area contributed by atoms with E-state index in [0.29, 0.717) is 0 Å². The topological polar surface area (TPSA) is 41.1 Å². The first-order valence-corrected chi connectivity index (χ1v) is 7.55. The number of nitrogens with one attached hydrogen (secondary N) is 1. The molecule has 2 rings (SSSR count). The number of hydrogen-bond acceptors (Lipinski definition) is 4. The number of nitrogens with zero attached hydrogens (tertiary/aromatic N) is 3. The Balaban J connectivity index is 2.41. The summed E-state index contributed by atoms with van der Waals surface area (Å²) >= 11 is 0. The Morgan fingerprint density at radius 3 is 2.43 bits per heavy atom. The van der Waals surface area contributed by atoms with Crippen LogP contribution in [-0.4, -0.2) is 23.6 Å². The van der Waals surface area contributed by atoms with Gasteiger partial charge in [-0.3, -0.25) is 0 Å². The second-order valence-electron chi connectivity index (χ2n) is 5.20. The lowest BCUT2D eigenvalue weighted by Gasteiger charge is -2.23. The second kappa shape index (κ2) is 7.07. The fourth-order valence-corrected chi connectivity index (χ4v) is 2.38. The first-order chi connectivity index (χ1) is 10.2. The number of aryl methyl sites for hydroxylation is 1. The van der Waals surface area contributed by atoms with Crippen LogP contribution >= 0.6 is 0 Å². The molecule has 1 aromatic carbocycles. The van der Waals surface area contributed by atoms with Crippen LogP contribution in [0.15, 0.2) is 30.6 Å². The SMILES string of the molecule is CCCc1c(NCC)ncnc1N(C)c1ccc(C)cc1. The van der Waals surface area contributed by atoms with Crippen molar-refractivity contribution in [2.24, 2.45) is 0 Å². The zero-order valence-electron chi connectivity index (χ0n) is 13.3. The molecule has 4 heteroatoms. The molecule has 0 aliphatic rings. The predicted molar refractivity (Wildman–Crippen MR) is 89.4 cm³/mol. The van der Waals surface area contributed by atoms with Crippen LogP contribution in [0.25, 0.3) is 0 Å². The third kappa shape index (κ3) is 3.51. The Hall–Kier alpha value is -2.10. The van der Waals surface area contributed by atoms with E-state index in [2.05, 4.69) is 72.3 Å². The van der Waals surface area contributed by atoms with E-state index in [9.17, 15) is 0 Å². The van der Waals surface area contributed by atoms with Crippen molar-refractivity contribution in [3.63, 3.8) is 0 Å². The predicted octanol–water partition coefficient (Wildman–Crippen LogP) is 3.94. The Morgan fingerprint density at radius 1 is 1.10 bits per heavy atom. The standard InChI is InChI=1S/C17H24N4/c1-5-7-15-16(18-6-2)19-12-20-17(15)21(4)14-10-8-13(3)9-11-14/h8-12H,5-7H2,1-4H3,(H,18,19,20). The first kappa shape index (κ1) is 15.3. The molecule has 0 aliphatic carbocycles. The molecule has 1 aromatic heterocycles. The molecule has 0 spiro atoms.